The van der Waals surface area contributed by atoms with Crippen LogP contribution in [0, 0.1) is 5.92 Å². The molecule has 2 unspecified atom stereocenters. The number of carbonyl (C=O) groups excluding carboxylic acids is 3. The molecule has 0 fully saturated rings. The maximum absolute atomic E-state index is 12.9. The van der Waals surface area contributed by atoms with E-state index in [1.165, 1.54) is 7.11 Å². The number of carbonyl (C=O) groups is 3. The Bertz CT molecular complexity index is 840. The molecule has 2 amide bonds. The van der Waals surface area contributed by atoms with Gasteiger partial charge >= 0.3 is 12.1 Å². The monoisotopic (exact) mass is 426 g/mol. The number of rotatable bonds is 10. The number of alkyl carbamates (subject to hydrolysis) is 1. The molecule has 2 rings (SSSR count). The summed E-state index contributed by atoms with van der Waals surface area (Å²) in [4.78, 5) is 37.4. The Labute approximate surface area is 183 Å². The Morgan fingerprint density at radius 2 is 1.42 bits per heavy atom. The molecular formula is C24H30N2O5. The van der Waals surface area contributed by atoms with Gasteiger partial charge in [0.05, 0.1) is 7.11 Å². The van der Waals surface area contributed by atoms with Gasteiger partial charge in [0.25, 0.3) is 0 Å². The number of methoxy groups -OCH3 is 1. The maximum Gasteiger partial charge on any atom is 0.408 e. The summed E-state index contributed by atoms with van der Waals surface area (Å²) in [6.45, 7) is 3.99. The molecule has 0 spiro atoms. The molecular weight excluding hydrogens is 396 g/mol. The first-order valence-electron chi connectivity index (χ1n) is 10.3. The lowest BCUT2D eigenvalue weighted by Gasteiger charge is -2.23. The number of amides is 2. The van der Waals surface area contributed by atoms with Crippen molar-refractivity contribution in [2.45, 2.75) is 45.4 Å². The van der Waals surface area contributed by atoms with E-state index in [0.717, 1.165) is 11.1 Å². The highest BCUT2D eigenvalue weighted by Gasteiger charge is 2.28. The van der Waals surface area contributed by atoms with Gasteiger partial charge in [0.2, 0.25) is 5.91 Å². The highest BCUT2D eigenvalue weighted by molar-refractivity contribution is 5.89. The molecule has 31 heavy (non-hydrogen) atoms. The van der Waals surface area contributed by atoms with E-state index in [-0.39, 0.29) is 18.9 Å². The summed E-state index contributed by atoms with van der Waals surface area (Å²) in [7, 11) is 1.28. The summed E-state index contributed by atoms with van der Waals surface area (Å²) in [5.74, 6) is -0.875. The molecule has 0 aliphatic rings. The van der Waals surface area contributed by atoms with Crippen LogP contribution in [0.4, 0.5) is 4.79 Å². The van der Waals surface area contributed by atoms with Gasteiger partial charge in [-0.1, -0.05) is 74.5 Å². The van der Waals surface area contributed by atoms with Gasteiger partial charge < -0.3 is 20.1 Å². The van der Waals surface area contributed by atoms with Crippen molar-refractivity contribution in [3.8, 4) is 0 Å². The summed E-state index contributed by atoms with van der Waals surface area (Å²) in [6.07, 6.45) is -0.0141. The zero-order valence-corrected chi connectivity index (χ0v) is 18.2. The van der Waals surface area contributed by atoms with Gasteiger partial charge in [-0.2, -0.15) is 0 Å². The molecule has 0 aliphatic heterocycles. The second-order valence-electron chi connectivity index (χ2n) is 7.66. The number of ether oxygens (including phenoxy) is 2. The zero-order chi connectivity index (χ0) is 22.6. The minimum Gasteiger partial charge on any atom is -0.467 e. The molecule has 7 heteroatoms. The smallest absolute Gasteiger partial charge is 0.408 e. The molecule has 2 N–H and O–H groups in total. The highest BCUT2D eigenvalue weighted by atomic mass is 16.5. The normalized spacial score (nSPS) is 12.5. The third-order valence-electron chi connectivity index (χ3n) is 4.61. The number of hydrogen-bond acceptors (Lipinski definition) is 5. The molecule has 2 aromatic carbocycles. The summed E-state index contributed by atoms with van der Waals surface area (Å²) in [6, 6.07) is 16.9. The first-order chi connectivity index (χ1) is 14.9. The van der Waals surface area contributed by atoms with Gasteiger partial charge in [0.1, 0.15) is 18.7 Å². The molecule has 2 atom stereocenters. The number of benzene rings is 2. The fourth-order valence-electron chi connectivity index (χ4n) is 3.07. The van der Waals surface area contributed by atoms with E-state index in [1.54, 1.807) is 0 Å². The minimum absolute atomic E-state index is 0.0987. The molecule has 0 saturated carbocycles. The Kier molecular flexibility index (Phi) is 9.55. The zero-order valence-electron chi connectivity index (χ0n) is 18.2. The predicted octanol–water partition coefficient (Wildman–Crippen LogP) is 3.23. The second kappa shape index (κ2) is 12.4. The largest absolute Gasteiger partial charge is 0.467 e. The van der Waals surface area contributed by atoms with Crippen molar-refractivity contribution in [1.82, 2.24) is 10.6 Å². The maximum atomic E-state index is 12.9. The second-order valence-corrected chi connectivity index (χ2v) is 7.66. The van der Waals surface area contributed by atoms with Gasteiger partial charge in [-0.15, -0.1) is 0 Å². The molecule has 0 radical (unpaired) electrons. The van der Waals surface area contributed by atoms with E-state index in [0.29, 0.717) is 6.42 Å². The lowest BCUT2D eigenvalue weighted by atomic mass is 10.0. The Hall–Kier alpha value is -3.35. The van der Waals surface area contributed by atoms with Crippen LogP contribution in [0.2, 0.25) is 0 Å². The van der Waals surface area contributed by atoms with Crippen LogP contribution in [-0.2, 0) is 32.1 Å². The first-order valence-corrected chi connectivity index (χ1v) is 10.3. The fourth-order valence-corrected chi connectivity index (χ4v) is 3.07. The standard InChI is InChI=1S/C24H30N2O5/c1-17(2)14-20(26-24(29)31-16-19-12-8-5-9-13-19)22(27)25-21(23(28)30-3)15-18-10-6-4-7-11-18/h4-13,17,20-21H,14-16H2,1-3H3,(H,25,27)(H,26,29). The Morgan fingerprint density at radius 3 is 1.97 bits per heavy atom. The van der Waals surface area contributed by atoms with Crippen molar-refractivity contribution in [1.29, 1.82) is 0 Å². The van der Waals surface area contributed by atoms with E-state index in [4.69, 9.17) is 9.47 Å². The van der Waals surface area contributed by atoms with Crippen molar-refractivity contribution in [3.05, 3.63) is 71.8 Å². The number of esters is 1. The van der Waals surface area contributed by atoms with Crippen LogP contribution in [0.5, 0.6) is 0 Å². The Balaban J connectivity index is 2.01. The summed E-state index contributed by atoms with van der Waals surface area (Å²) >= 11 is 0. The SMILES string of the molecule is COC(=O)C(Cc1ccccc1)NC(=O)C(CC(C)C)NC(=O)OCc1ccccc1. The van der Waals surface area contributed by atoms with Gasteiger partial charge in [0.15, 0.2) is 0 Å². The van der Waals surface area contributed by atoms with Crippen LogP contribution in [0.3, 0.4) is 0 Å². The Morgan fingerprint density at radius 1 is 0.839 bits per heavy atom. The molecule has 0 aliphatic carbocycles. The molecule has 166 valence electrons. The lowest BCUT2D eigenvalue weighted by molar-refractivity contribution is -0.145. The van der Waals surface area contributed by atoms with Gasteiger partial charge in [-0.25, -0.2) is 9.59 Å². The van der Waals surface area contributed by atoms with E-state index in [1.807, 2.05) is 74.5 Å². The minimum atomic E-state index is -0.864. The molecule has 2 aromatic rings. The molecule has 0 heterocycles. The number of nitrogens with one attached hydrogen (secondary N) is 2. The van der Waals surface area contributed by atoms with Crippen molar-refractivity contribution in [3.63, 3.8) is 0 Å². The van der Waals surface area contributed by atoms with E-state index in [2.05, 4.69) is 10.6 Å². The summed E-state index contributed by atoms with van der Waals surface area (Å²) in [5.41, 5.74) is 1.73. The first kappa shape index (κ1) is 23.9. The molecule has 0 aromatic heterocycles. The molecule has 0 saturated heterocycles. The van der Waals surface area contributed by atoms with E-state index < -0.39 is 30.1 Å². The number of hydrogen-bond donors (Lipinski definition) is 2. The van der Waals surface area contributed by atoms with Gasteiger partial charge in [-0.3, -0.25) is 4.79 Å². The van der Waals surface area contributed by atoms with Crippen LogP contribution < -0.4 is 10.6 Å². The van der Waals surface area contributed by atoms with Crippen molar-refractivity contribution >= 4 is 18.0 Å². The van der Waals surface area contributed by atoms with Gasteiger partial charge in [0, 0.05) is 6.42 Å². The molecule has 7 nitrogen and oxygen atoms in total. The highest BCUT2D eigenvalue weighted by Crippen LogP contribution is 2.09. The van der Waals surface area contributed by atoms with Crippen LogP contribution in [-0.4, -0.2) is 37.2 Å². The van der Waals surface area contributed by atoms with Crippen molar-refractivity contribution < 1.29 is 23.9 Å². The third kappa shape index (κ3) is 8.50. The molecule has 0 bridgehead atoms. The summed E-state index contributed by atoms with van der Waals surface area (Å²) < 4.78 is 10.1. The summed E-state index contributed by atoms with van der Waals surface area (Å²) in [5, 5.41) is 5.34. The topological polar surface area (TPSA) is 93.7 Å². The van der Waals surface area contributed by atoms with Crippen molar-refractivity contribution in [2.24, 2.45) is 5.92 Å². The average molecular weight is 427 g/mol. The quantitative estimate of drug-likeness (QED) is 0.569. The van der Waals surface area contributed by atoms with E-state index >= 15 is 0 Å². The van der Waals surface area contributed by atoms with Crippen LogP contribution >= 0.6 is 0 Å². The van der Waals surface area contributed by atoms with Gasteiger partial charge in [-0.05, 0) is 23.5 Å². The lowest BCUT2D eigenvalue weighted by Crippen LogP contribution is -2.53. The van der Waals surface area contributed by atoms with E-state index in [9.17, 15) is 14.4 Å². The fraction of sp³-hybridized carbons (Fsp3) is 0.375. The average Bonchev–Trinajstić information content (AvgIpc) is 2.77. The van der Waals surface area contributed by atoms with Crippen LogP contribution in [0.15, 0.2) is 60.7 Å². The van der Waals surface area contributed by atoms with Crippen LogP contribution in [0.1, 0.15) is 31.4 Å². The van der Waals surface area contributed by atoms with Crippen molar-refractivity contribution in [2.75, 3.05) is 7.11 Å². The predicted molar refractivity (Wildman–Crippen MR) is 117 cm³/mol. The third-order valence-corrected chi connectivity index (χ3v) is 4.61. The van der Waals surface area contributed by atoms with Crippen LogP contribution in [0.25, 0.3) is 0 Å².